The summed E-state index contributed by atoms with van der Waals surface area (Å²) in [6.45, 7) is 0. The third-order valence-corrected chi connectivity index (χ3v) is 4.12. The predicted octanol–water partition coefficient (Wildman–Crippen LogP) is 2.07. The molecule has 5 rings (SSSR count). The first-order chi connectivity index (χ1) is 11.3. The normalized spacial score (nSPS) is 23.7. The Balaban J connectivity index is 1.81. The van der Waals surface area contributed by atoms with Crippen LogP contribution < -0.4 is 0 Å². The van der Waals surface area contributed by atoms with E-state index in [4.69, 9.17) is 0 Å². The number of allylic oxidation sites excluding steroid dienone is 1. The second kappa shape index (κ2) is 4.21. The van der Waals surface area contributed by atoms with Crippen LogP contribution in [0.25, 0.3) is 5.70 Å². The number of pyridine rings is 1. The van der Waals surface area contributed by atoms with Gasteiger partial charge in [-0.3, -0.25) is 9.88 Å². The SMILES string of the molecule is OC1(c2cccnc2)N=C2N=CC=C3c4ccccc4N=C1N32. The summed E-state index contributed by atoms with van der Waals surface area (Å²) in [6, 6.07) is 11.4. The van der Waals surface area contributed by atoms with Gasteiger partial charge < -0.3 is 5.11 Å². The van der Waals surface area contributed by atoms with Crippen molar-refractivity contribution in [1.82, 2.24) is 9.88 Å². The van der Waals surface area contributed by atoms with Crippen molar-refractivity contribution >= 4 is 29.4 Å². The highest BCUT2D eigenvalue weighted by molar-refractivity contribution is 6.22. The minimum absolute atomic E-state index is 0.433. The monoisotopic (exact) mass is 301 g/mol. The second-order valence-corrected chi connectivity index (χ2v) is 5.44. The number of aliphatic hydroxyl groups is 1. The molecule has 0 saturated heterocycles. The van der Waals surface area contributed by atoms with Crippen molar-refractivity contribution in [2.24, 2.45) is 15.0 Å². The van der Waals surface area contributed by atoms with E-state index in [0.717, 1.165) is 16.9 Å². The van der Waals surface area contributed by atoms with Crippen molar-refractivity contribution in [3.05, 3.63) is 66.0 Å². The fraction of sp³-hybridized carbons (Fsp3) is 0.0588. The fourth-order valence-corrected chi connectivity index (χ4v) is 3.06. The van der Waals surface area contributed by atoms with Crippen LogP contribution in [0.4, 0.5) is 5.69 Å². The van der Waals surface area contributed by atoms with Crippen molar-refractivity contribution in [2.45, 2.75) is 5.72 Å². The first-order valence-electron chi connectivity index (χ1n) is 7.23. The summed E-state index contributed by atoms with van der Waals surface area (Å²) in [5.41, 5.74) is 1.69. The predicted molar refractivity (Wildman–Crippen MR) is 87.4 cm³/mol. The van der Waals surface area contributed by atoms with Gasteiger partial charge in [0, 0.05) is 29.7 Å². The maximum atomic E-state index is 11.2. The summed E-state index contributed by atoms with van der Waals surface area (Å²) in [7, 11) is 0. The number of amidine groups is 1. The minimum Gasteiger partial charge on any atom is -0.359 e. The molecule has 3 aliphatic rings. The summed E-state index contributed by atoms with van der Waals surface area (Å²) >= 11 is 0. The van der Waals surface area contributed by atoms with Gasteiger partial charge in [0.2, 0.25) is 11.7 Å². The first kappa shape index (κ1) is 12.4. The van der Waals surface area contributed by atoms with Gasteiger partial charge in [0.1, 0.15) is 0 Å². The molecule has 0 amide bonds. The van der Waals surface area contributed by atoms with Crippen molar-refractivity contribution in [3.8, 4) is 0 Å². The molecule has 0 bridgehead atoms. The summed E-state index contributed by atoms with van der Waals surface area (Å²) in [6.07, 6.45) is 6.85. The smallest absolute Gasteiger partial charge is 0.247 e. The Morgan fingerprint density at radius 3 is 2.87 bits per heavy atom. The van der Waals surface area contributed by atoms with Crippen molar-refractivity contribution < 1.29 is 5.11 Å². The zero-order valence-electron chi connectivity index (χ0n) is 12.0. The van der Waals surface area contributed by atoms with Gasteiger partial charge in [0.05, 0.1) is 11.4 Å². The largest absolute Gasteiger partial charge is 0.359 e. The molecular formula is C17H11N5O. The van der Waals surface area contributed by atoms with Gasteiger partial charge in [-0.15, -0.1) is 0 Å². The number of hydrogen-bond acceptors (Lipinski definition) is 6. The maximum Gasteiger partial charge on any atom is 0.247 e. The number of para-hydroxylation sites is 1. The highest BCUT2D eigenvalue weighted by Crippen LogP contribution is 2.44. The molecule has 3 aliphatic heterocycles. The molecule has 110 valence electrons. The van der Waals surface area contributed by atoms with Gasteiger partial charge in [-0.1, -0.05) is 24.3 Å². The van der Waals surface area contributed by atoms with Crippen LogP contribution in [0.15, 0.2) is 69.8 Å². The quantitative estimate of drug-likeness (QED) is 0.876. The molecule has 23 heavy (non-hydrogen) atoms. The fourth-order valence-electron chi connectivity index (χ4n) is 3.06. The molecule has 0 aliphatic carbocycles. The Morgan fingerprint density at radius 1 is 1.09 bits per heavy atom. The highest BCUT2D eigenvalue weighted by atomic mass is 16.3. The van der Waals surface area contributed by atoms with Crippen LogP contribution in [0, 0.1) is 0 Å². The maximum absolute atomic E-state index is 11.2. The van der Waals surface area contributed by atoms with E-state index in [1.165, 1.54) is 0 Å². The lowest BCUT2D eigenvalue weighted by Gasteiger charge is -2.32. The van der Waals surface area contributed by atoms with E-state index in [0.29, 0.717) is 17.4 Å². The van der Waals surface area contributed by atoms with Crippen LogP contribution in [-0.4, -0.2) is 33.0 Å². The molecule has 4 heterocycles. The molecule has 6 nitrogen and oxygen atoms in total. The lowest BCUT2D eigenvalue weighted by Crippen LogP contribution is -2.42. The molecule has 1 N–H and O–H groups in total. The standard InChI is InChI=1S/C17H11N5O/c23-17(11-4-3-8-18-10-11)15-20-13-6-2-1-5-12(13)14-7-9-19-16(21-17)22(14)15/h1-10,23H. The Bertz CT molecular complexity index is 944. The summed E-state index contributed by atoms with van der Waals surface area (Å²) in [5, 5.41) is 11.2. The molecule has 0 spiro atoms. The lowest BCUT2D eigenvalue weighted by molar-refractivity contribution is 0.121. The molecule has 2 aromatic rings. The van der Waals surface area contributed by atoms with E-state index in [9.17, 15) is 5.11 Å². The zero-order chi connectivity index (χ0) is 15.4. The molecular weight excluding hydrogens is 290 g/mol. The van der Waals surface area contributed by atoms with E-state index in [1.807, 2.05) is 30.3 Å². The average Bonchev–Trinajstić information content (AvgIpc) is 2.91. The van der Waals surface area contributed by atoms with E-state index in [1.54, 1.807) is 35.6 Å². The zero-order valence-corrected chi connectivity index (χ0v) is 12.0. The summed E-state index contributed by atoms with van der Waals surface area (Å²) in [5.74, 6) is 0.865. The van der Waals surface area contributed by atoms with Crippen LogP contribution in [0.1, 0.15) is 11.1 Å². The summed E-state index contributed by atoms with van der Waals surface area (Å²) < 4.78 is 0. The molecule has 0 fully saturated rings. The van der Waals surface area contributed by atoms with Crippen molar-refractivity contribution in [1.29, 1.82) is 0 Å². The van der Waals surface area contributed by atoms with Crippen LogP contribution in [0.2, 0.25) is 0 Å². The number of hydrogen-bond donors (Lipinski definition) is 1. The molecule has 0 radical (unpaired) electrons. The van der Waals surface area contributed by atoms with Crippen LogP contribution in [0.3, 0.4) is 0 Å². The molecule has 1 unspecified atom stereocenters. The molecule has 1 atom stereocenters. The third kappa shape index (κ3) is 1.55. The van der Waals surface area contributed by atoms with E-state index in [2.05, 4.69) is 20.0 Å². The van der Waals surface area contributed by atoms with E-state index >= 15 is 0 Å². The minimum atomic E-state index is -1.59. The lowest BCUT2D eigenvalue weighted by atomic mass is 10.00. The van der Waals surface area contributed by atoms with E-state index < -0.39 is 5.72 Å². The topological polar surface area (TPSA) is 73.4 Å². The van der Waals surface area contributed by atoms with Crippen LogP contribution in [0.5, 0.6) is 0 Å². The third-order valence-electron chi connectivity index (χ3n) is 4.12. The number of fused-ring (bicyclic) bond motifs is 2. The van der Waals surface area contributed by atoms with Crippen LogP contribution in [-0.2, 0) is 5.72 Å². The molecule has 6 heteroatoms. The van der Waals surface area contributed by atoms with Crippen LogP contribution >= 0.6 is 0 Å². The van der Waals surface area contributed by atoms with Gasteiger partial charge in [0.25, 0.3) is 0 Å². The van der Waals surface area contributed by atoms with Gasteiger partial charge in [-0.25, -0.2) is 15.0 Å². The number of nitrogens with zero attached hydrogens (tertiary/aromatic N) is 5. The Kier molecular flexibility index (Phi) is 2.27. The molecule has 1 aromatic heterocycles. The van der Waals surface area contributed by atoms with Crippen molar-refractivity contribution in [2.75, 3.05) is 0 Å². The molecule has 1 aromatic carbocycles. The highest BCUT2D eigenvalue weighted by Gasteiger charge is 2.50. The Hall–Kier alpha value is -3.12. The Labute approximate surface area is 131 Å². The van der Waals surface area contributed by atoms with Gasteiger partial charge >= 0.3 is 0 Å². The number of rotatable bonds is 1. The number of aliphatic imine (C=N–C) groups is 3. The number of aromatic nitrogens is 1. The Morgan fingerprint density at radius 2 is 2.00 bits per heavy atom. The van der Waals surface area contributed by atoms with E-state index in [-0.39, 0.29) is 0 Å². The molecule has 0 saturated carbocycles. The number of benzene rings is 1. The summed E-state index contributed by atoms with van der Waals surface area (Å²) in [4.78, 5) is 19.2. The van der Waals surface area contributed by atoms with Gasteiger partial charge in [0.15, 0.2) is 5.84 Å². The average molecular weight is 301 g/mol. The van der Waals surface area contributed by atoms with Gasteiger partial charge in [-0.05, 0) is 18.2 Å². The first-order valence-corrected chi connectivity index (χ1v) is 7.23. The van der Waals surface area contributed by atoms with Gasteiger partial charge in [-0.2, -0.15) is 0 Å². The number of guanidine groups is 1. The van der Waals surface area contributed by atoms with Crippen molar-refractivity contribution in [3.63, 3.8) is 0 Å². The second-order valence-electron chi connectivity index (χ2n) is 5.44.